The molecule has 220 valence electrons. The van der Waals surface area contributed by atoms with Crippen molar-refractivity contribution in [3.05, 3.63) is 111 Å². The second-order valence-electron chi connectivity index (χ2n) is 10.4. The number of H-pyrrole nitrogens is 1. The zero-order valence-electron chi connectivity index (χ0n) is 23.5. The number of amides is 1. The number of anilines is 1. The molecule has 6 rings (SSSR count). The maximum absolute atomic E-state index is 13.3. The van der Waals surface area contributed by atoms with Crippen molar-refractivity contribution in [2.45, 2.75) is 37.5 Å². The quantitative estimate of drug-likeness (QED) is 0.253. The third kappa shape index (κ3) is 6.07. The van der Waals surface area contributed by atoms with Crippen molar-refractivity contribution < 1.29 is 13.2 Å². The van der Waals surface area contributed by atoms with Crippen molar-refractivity contribution in [1.82, 2.24) is 24.1 Å². The molecular formula is C31H30N6O4S2. The molecule has 0 spiro atoms. The Balaban J connectivity index is 1.29. The van der Waals surface area contributed by atoms with Gasteiger partial charge in [-0.05, 0) is 61.0 Å². The lowest BCUT2D eigenvalue weighted by Crippen LogP contribution is -2.35. The van der Waals surface area contributed by atoms with Crippen LogP contribution in [0.15, 0.2) is 87.9 Å². The van der Waals surface area contributed by atoms with Crippen LogP contribution in [0, 0.1) is 6.92 Å². The van der Waals surface area contributed by atoms with Gasteiger partial charge in [0.1, 0.15) is 11.5 Å². The molecule has 0 saturated carbocycles. The minimum atomic E-state index is -3.61. The van der Waals surface area contributed by atoms with Crippen molar-refractivity contribution >= 4 is 33.1 Å². The Labute approximate surface area is 253 Å². The van der Waals surface area contributed by atoms with Gasteiger partial charge in [-0.3, -0.25) is 14.6 Å². The Kier molecular flexibility index (Phi) is 8.06. The molecule has 1 aliphatic rings. The number of sulfonamides is 1. The van der Waals surface area contributed by atoms with Gasteiger partial charge in [0.05, 0.1) is 15.5 Å². The molecule has 1 aliphatic heterocycles. The highest BCUT2D eigenvalue weighted by molar-refractivity contribution is 7.89. The number of piperidine rings is 1. The highest BCUT2D eigenvalue weighted by Crippen LogP contribution is 2.28. The van der Waals surface area contributed by atoms with Crippen LogP contribution >= 0.6 is 11.3 Å². The van der Waals surface area contributed by atoms with Crippen molar-refractivity contribution in [3.63, 3.8) is 0 Å². The van der Waals surface area contributed by atoms with Crippen molar-refractivity contribution in [2.24, 2.45) is 0 Å². The molecule has 2 aromatic carbocycles. The standard InChI is InChI=1S/C31H30N6O4S2/c1-21-25(19-22-9-4-2-5-10-22)30(39)34-31(32-21)37-28(20-26(35-37)27-11-8-18-42-27)33-29(38)23-12-14-24(15-13-23)43(40,41)36-16-6-3-7-17-36/h2,4-5,8-15,18,20H,3,6-7,16-17,19H2,1H3,(H,33,38)(H,32,34,39). The minimum Gasteiger partial charge on any atom is -0.306 e. The number of hydrogen-bond donors (Lipinski definition) is 2. The van der Waals surface area contributed by atoms with Crippen LogP contribution < -0.4 is 10.9 Å². The number of rotatable bonds is 8. The molecule has 0 aliphatic carbocycles. The number of aromatic nitrogens is 4. The molecule has 0 unspecified atom stereocenters. The zero-order valence-corrected chi connectivity index (χ0v) is 25.1. The number of hydrogen-bond acceptors (Lipinski definition) is 7. The summed E-state index contributed by atoms with van der Waals surface area (Å²) >= 11 is 1.49. The average molecular weight is 615 g/mol. The average Bonchev–Trinajstić information content (AvgIpc) is 3.71. The predicted molar refractivity (Wildman–Crippen MR) is 166 cm³/mol. The third-order valence-electron chi connectivity index (χ3n) is 7.43. The van der Waals surface area contributed by atoms with Crippen LogP contribution in [0.3, 0.4) is 0 Å². The number of nitrogens with zero attached hydrogens (tertiary/aromatic N) is 4. The SMILES string of the molecule is Cc1nc(-n2nc(-c3cccs3)cc2NC(=O)c2ccc(S(=O)(=O)N3CCCCC3)cc2)[nH]c(=O)c1Cc1ccccc1. The Hall–Kier alpha value is -4.39. The van der Waals surface area contributed by atoms with Gasteiger partial charge >= 0.3 is 0 Å². The number of carbonyl (C=O) groups excluding carboxylic acids is 1. The molecule has 0 atom stereocenters. The van der Waals surface area contributed by atoms with Crippen LogP contribution in [-0.2, 0) is 16.4 Å². The largest absolute Gasteiger partial charge is 0.306 e. The maximum Gasteiger partial charge on any atom is 0.256 e. The van der Waals surface area contributed by atoms with Gasteiger partial charge in [-0.2, -0.15) is 14.1 Å². The van der Waals surface area contributed by atoms with E-state index in [1.54, 1.807) is 13.0 Å². The molecule has 0 bridgehead atoms. The van der Waals surface area contributed by atoms with Gasteiger partial charge in [0, 0.05) is 36.7 Å². The topological polar surface area (TPSA) is 130 Å². The van der Waals surface area contributed by atoms with Gasteiger partial charge < -0.3 is 5.32 Å². The normalized spacial score (nSPS) is 14.1. The van der Waals surface area contributed by atoms with Crippen LogP contribution in [0.4, 0.5) is 5.82 Å². The molecule has 1 saturated heterocycles. The first-order valence-electron chi connectivity index (χ1n) is 14.0. The molecule has 0 radical (unpaired) electrons. The number of benzene rings is 2. The van der Waals surface area contributed by atoms with E-state index in [0.717, 1.165) is 29.7 Å². The highest BCUT2D eigenvalue weighted by Gasteiger charge is 2.26. The van der Waals surface area contributed by atoms with E-state index in [0.29, 0.717) is 42.3 Å². The van der Waals surface area contributed by atoms with Gasteiger partial charge in [0.2, 0.25) is 16.0 Å². The molecular weight excluding hydrogens is 585 g/mol. The first-order valence-corrected chi connectivity index (χ1v) is 16.3. The van der Waals surface area contributed by atoms with Gasteiger partial charge in [0.25, 0.3) is 11.5 Å². The molecule has 12 heteroatoms. The first kappa shape index (κ1) is 28.7. The van der Waals surface area contributed by atoms with Crippen LogP contribution in [0.5, 0.6) is 0 Å². The van der Waals surface area contributed by atoms with Crippen LogP contribution in [0.1, 0.15) is 46.4 Å². The molecule has 10 nitrogen and oxygen atoms in total. The Morgan fingerprint density at radius 2 is 1.74 bits per heavy atom. The maximum atomic E-state index is 13.3. The van der Waals surface area contributed by atoms with Crippen LogP contribution in [0.25, 0.3) is 16.5 Å². The summed E-state index contributed by atoms with van der Waals surface area (Å²) in [4.78, 5) is 35.0. The monoisotopic (exact) mass is 614 g/mol. The zero-order chi connectivity index (χ0) is 30.0. The second kappa shape index (κ2) is 12.1. The molecule has 43 heavy (non-hydrogen) atoms. The van der Waals surface area contributed by atoms with E-state index in [9.17, 15) is 18.0 Å². The van der Waals surface area contributed by atoms with E-state index in [2.05, 4.69) is 20.4 Å². The first-order chi connectivity index (χ1) is 20.8. The van der Waals surface area contributed by atoms with E-state index in [1.807, 2.05) is 47.8 Å². The number of thiophene rings is 1. The number of carbonyl (C=O) groups is 1. The molecule has 1 fully saturated rings. The summed E-state index contributed by atoms with van der Waals surface area (Å²) < 4.78 is 29.0. The van der Waals surface area contributed by atoms with Crippen molar-refractivity contribution in [1.29, 1.82) is 0 Å². The number of aryl methyl sites for hydroxylation is 1. The number of aromatic amines is 1. The predicted octanol–water partition coefficient (Wildman–Crippen LogP) is 5.01. The highest BCUT2D eigenvalue weighted by atomic mass is 32.2. The van der Waals surface area contributed by atoms with Gasteiger partial charge in [-0.1, -0.05) is 42.8 Å². The summed E-state index contributed by atoms with van der Waals surface area (Å²) in [5.74, 6) is 0.0118. The van der Waals surface area contributed by atoms with E-state index >= 15 is 0 Å². The number of nitrogens with one attached hydrogen (secondary N) is 2. The van der Waals surface area contributed by atoms with Crippen molar-refractivity contribution in [2.75, 3.05) is 18.4 Å². The second-order valence-corrected chi connectivity index (χ2v) is 13.2. The fourth-order valence-corrected chi connectivity index (χ4v) is 7.30. The Morgan fingerprint density at radius 3 is 2.42 bits per heavy atom. The Bertz CT molecular complexity index is 1910. The van der Waals surface area contributed by atoms with E-state index in [1.165, 1.54) is 44.6 Å². The fraction of sp³-hybridized carbons (Fsp3) is 0.226. The smallest absolute Gasteiger partial charge is 0.256 e. The van der Waals surface area contributed by atoms with E-state index < -0.39 is 15.9 Å². The van der Waals surface area contributed by atoms with Crippen molar-refractivity contribution in [3.8, 4) is 16.5 Å². The summed E-state index contributed by atoms with van der Waals surface area (Å²) in [6, 6.07) is 21.1. The summed E-state index contributed by atoms with van der Waals surface area (Å²) in [7, 11) is -3.61. The van der Waals surface area contributed by atoms with Crippen LogP contribution in [0.2, 0.25) is 0 Å². The van der Waals surface area contributed by atoms with Gasteiger partial charge in [-0.15, -0.1) is 11.3 Å². The summed E-state index contributed by atoms with van der Waals surface area (Å²) in [6.45, 7) is 2.78. The van der Waals surface area contributed by atoms with E-state index in [-0.39, 0.29) is 22.0 Å². The minimum absolute atomic E-state index is 0.156. The molecule has 5 aromatic rings. The molecule has 4 heterocycles. The summed E-state index contributed by atoms with van der Waals surface area (Å²) in [6.07, 6.45) is 3.14. The molecule has 1 amide bonds. The Morgan fingerprint density at radius 1 is 1.00 bits per heavy atom. The lowest BCUT2D eigenvalue weighted by atomic mass is 10.1. The third-order valence-corrected chi connectivity index (χ3v) is 10.2. The lowest BCUT2D eigenvalue weighted by molar-refractivity contribution is 0.102. The fourth-order valence-electron chi connectivity index (χ4n) is 5.10. The lowest BCUT2D eigenvalue weighted by Gasteiger charge is -2.25. The summed E-state index contributed by atoms with van der Waals surface area (Å²) in [5, 5.41) is 9.45. The van der Waals surface area contributed by atoms with Gasteiger partial charge in [0.15, 0.2) is 0 Å². The van der Waals surface area contributed by atoms with Crippen LogP contribution in [-0.4, -0.2) is 51.5 Å². The van der Waals surface area contributed by atoms with Gasteiger partial charge in [-0.25, -0.2) is 13.4 Å². The molecule has 3 aromatic heterocycles. The molecule has 2 N–H and O–H groups in total. The van der Waals surface area contributed by atoms with E-state index in [4.69, 9.17) is 0 Å². The summed E-state index contributed by atoms with van der Waals surface area (Å²) in [5.41, 5.74) is 2.68.